The second-order valence-electron chi connectivity index (χ2n) is 4.37. The number of methoxy groups -OCH3 is 1. The van der Waals surface area contributed by atoms with Crippen molar-refractivity contribution in [2.45, 2.75) is 20.0 Å². The quantitative estimate of drug-likeness (QED) is 0.875. The Morgan fingerprint density at radius 3 is 2.72 bits per heavy atom. The van der Waals surface area contributed by atoms with Gasteiger partial charge in [-0.25, -0.2) is 0 Å². The van der Waals surface area contributed by atoms with Crippen molar-refractivity contribution in [3.8, 4) is 5.75 Å². The van der Waals surface area contributed by atoms with Crippen molar-refractivity contribution in [3.63, 3.8) is 0 Å². The molecule has 5 heteroatoms. The summed E-state index contributed by atoms with van der Waals surface area (Å²) in [7, 11) is 1.52. The molecule has 0 saturated carbocycles. The lowest BCUT2D eigenvalue weighted by atomic mass is 10.1. The van der Waals surface area contributed by atoms with E-state index in [2.05, 4.69) is 21.2 Å². The maximum Gasteiger partial charge on any atom is 0.255 e. The zero-order valence-electron chi connectivity index (χ0n) is 10.7. The highest BCUT2D eigenvalue weighted by molar-refractivity contribution is 9.10. The Hall–Kier alpha value is -1.07. The molecule has 0 spiro atoms. The molecule has 1 aromatic carbocycles. The van der Waals surface area contributed by atoms with Crippen LogP contribution in [0, 0.1) is 5.92 Å². The number of rotatable bonds is 5. The standard InChI is InChI=1S/C13H18BrNO3/c1-8(2)11(16)7-15-13(17)10-5-4-9(14)6-12(10)18-3/h4-6,8,11,16H,7H2,1-3H3,(H,15,17). The van der Waals surface area contributed by atoms with Gasteiger partial charge in [-0.05, 0) is 24.1 Å². The first-order chi connectivity index (χ1) is 8.45. The van der Waals surface area contributed by atoms with Crippen molar-refractivity contribution >= 4 is 21.8 Å². The number of amides is 1. The molecule has 100 valence electrons. The molecule has 18 heavy (non-hydrogen) atoms. The number of aliphatic hydroxyl groups is 1. The summed E-state index contributed by atoms with van der Waals surface area (Å²) in [5.41, 5.74) is 0.455. The highest BCUT2D eigenvalue weighted by Crippen LogP contribution is 2.23. The second kappa shape index (κ2) is 6.75. The van der Waals surface area contributed by atoms with E-state index >= 15 is 0 Å². The second-order valence-corrected chi connectivity index (χ2v) is 5.28. The number of aliphatic hydroxyl groups excluding tert-OH is 1. The van der Waals surface area contributed by atoms with Gasteiger partial charge in [-0.2, -0.15) is 0 Å². The van der Waals surface area contributed by atoms with Gasteiger partial charge in [-0.15, -0.1) is 0 Å². The molecule has 0 aliphatic heterocycles. The largest absolute Gasteiger partial charge is 0.496 e. The van der Waals surface area contributed by atoms with Gasteiger partial charge in [-0.1, -0.05) is 29.8 Å². The molecule has 2 N–H and O–H groups in total. The Labute approximate surface area is 115 Å². The molecule has 0 saturated heterocycles. The highest BCUT2D eigenvalue weighted by Gasteiger charge is 2.15. The van der Waals surface area contributed by atoms with Crippen LogP contribution >= 0.6 is 15.9 Å². The Kier molecular flexibility index (Phi) is 5.62. The van der Waals surface area contributed by atoms with Gasteiger partial charge < -0.3 is 15.2 Å². The number of hydrogen-bond donors (Lipinski definition) is 2. The third-order valence-corrected chi connectivity index (χ3v) is 3.14. The number of carbonyl (C=O) groups is 1. The Morgan fingerprint density at radius 1 is 1.50 bits per heavy atom. The minimum atomic E-state index is -0.546. The summed E-state index contributed by atoms with van der Waals surface area (Å²) in [6.45, 7) is 4.03. The average molecular weight is 316 g/mol. The third kappa shape index (κ3) is 3.99. The van der Waals surface area contributed by atoms with Crippen molar-refractivity contribution in [1.29, 1.82) is 0 Å². The molecular formula is C13H18BrNO3. The highest BCUT2D eigenvalue weighted by atomic mass is 79.9. The summed E-state index contributed by atoms with van der Waals surface area (Å²) in [6, 6.07) is 5.18. The van der Waals surface area contributed by atoms with Gasteiger partial charge in [-0.3, -0.25) is 4.79 Å². The fraction of sp³-hybridized carbons (Fsp3) is 0.462. The van der Waals surface area contributed by atoms with Crippen LogP contribution in [0.4, 0.5) is 0 Å². The van der Waals surface area contributed by atoms with Crippen molar-refractivity contribution < 1.29 is 14.6 Å². The van der Waals surface area contributed by atoms with E-state index in [9.17, 15) is 9.90 Å². The molecular weight excluding hydrogens is 298 g/mol. The summed E-state index contributed by atoms with van der Waals surface area (Å²) in [4.78, 5) is 11.9. The van der Waals surface area contributed by atoms with E-state index in [1.807, 2.05) is 13.8 Å². The van der Waals surface area contributed by atoms with Crippen LogP contribution in [0.15, 0.2) is 22.7 Å². The normalized spacial score (nSPS) is 12.3. The molecule has 1 aromatic rings. The fourth-order valence-electron chi connectivity index (χ4n) is 1.38. The average Bonchev–Trinajstić information content (AvgIpc) is 2.34. The van der Waals surface area contributed by atoms with Crippen LogP contribution in [0.5, 0.6) is 5.75 Å². The molecule has 0 aliphatic carbocycles. The van der Waals surface area contributed by atoms with Gasteiger partial charge in [0.05, 0.1) is 18.8 Å². The first kappa shape index (κ1) is 15.0. The summed E-state index contributed by atoms with van der Waals surface area (Å²) in [5.74, 6) is 0.358. The SMILES string of the molecule is COc1cc(Br)ccc1C(=O)NCC(O)C(C)C. The van der Waals surface area contributed by atoms with Gasteiger partial charge in [0.25, 0.3) is 5.91 Å². The third-order valence-electron chi connectivity index (χ3n) is 2.65. The van der Waals surface area contributed by atoms with E-state index in [0.29, 0.717) is 11.3 Å². The van der Waals surface area contributed by atoms with Crippen LogP contribution in [0.25, 0.3) is 0 Å². The Bertz CT molecular complexity index is 421. The number of nitrogens with one attached hydrogen (secondary N) is 1. The molecule has 1 atom stereocenters. The molecule has 0 fully saturated rings. The Morgan fingerprint density at radius 2 is 2.17 bits per heavy atom. The van der Waals surface area contributed by atoms with Crippen LogP contribution in [-0.4, -0.2) is 30.8 Å². The van der Waals surface area contributed by atoms with Gasteiger partial charge in [0, 0.05) is 11.0 Å². The zero-order chi connectivity index (χ0) is 13.7. The predicted molar refractivity (Wildman–Crippen MR) is 73.9 cm³/mol. The van der Waals surface area contributed by atoms with E-state index < -0.39 is 6.10 Å². The van der Waals surface area contributed by atoms with E-state index in [1.165, 1.54) is 7.11 Å². The summed E-state index contributed by atoms with van der Waals surface area (Å²) in [5, 5.41) is 12.3. The predicted octanol–water partition coefficient (Wildman–Crippen LogP) is 2.20. The molecule has 0 radical (unpaired) electrons. The van der Waals surface area contributed by atoms with Crippen molar-refractivity contribution in [2.24, 2.45) is 5.92 Å². The topological polar surface area (TPSA) is 58.6 Å². The van der Waals surface area contributed by atoms with Gasteiger partial charge in [0.1, 0.15) is 5.75 Å². The zero-order valence-corrected chi connectivity index (χ0v) is 12.3. The molecule has 0 heterocycles. The molecule has 0 bridgehead atoms. The van der Waals surface area contributed by atoms with Crippen molar-refractivity contribution in [1.82, 2.24) is 5.32 Å². The van der Waals surface area contributed by atoms with Crippen LogP contribution in [-0.2, 0) is 0 Å². The summed E-state index contributed by atoms with van der Waals surface area (Å²) >= 11 is 3.32. The minimum Gasteiger partial charge on any atom is -0.496 e. The first-order valence-electron chi connectivity index (χ1n) is 5.75. The number of benzene rings is 1. The van der Waals surface area contributed by atoms with Crippen molar-refractivity contribution in [2.75, 3.05) is 13.7 Å². The number of ether oxygens (including phenoxy) is 1. The minimum absolute atomic E-state index is 0.108. The van der Waals surface area contributed by atoms with Crippen LogP contribution in [0.2, 0.25) is 0 Å². The lowest BCUT2D eigenvalue weighted by molar-refractivity contribution is 0.0869. The number of halogens is 1. The molecule has 4 nitrogen and oxygen atoms in total. The molecule has 0 aliphatic rings. The first-order valence-corrected chi connectivity index (χ1v) is 6.54. The molecule has 1 unspecified atom stereocenters. The Balaban J connectivity index is 2.72. The monoisotopic (exact) mass is 315 g/mol. The summed E-state index contributed by atoms with van der Waals surface area (Å²) < 4.78 is 5.99. The summed E-state index contributed by atoms with van der Waals surface area (Å²) in [6.07, 6.45) is -0.546. The lowest BCUT2D eigenvalue weighted by Gasteiger charge is -2.16. The number of hydrogen-bond acceptors (Lipinski definition) is 3. The van der Waals surface area contributed by atoms with Crippen LogP contribution in [0.3, 0.4) is 0 Å². The molecule has 1 rings (SSSR count). The fourth-order valence-corrected chi connectivity index (χ4v) is 1.72. The van der Waals surface area contributed by atoms with E-state index in [0.717, 1.165) is 4.47 Å². The van der Waals surface area contributed by atoms with E-state index in [4.69, 9.17) is 4.74 Å². The van der Waals surface area contributed by atoms with Crippen LogP contribution < -0.4 is 10.1 Å². The lowest BCUT2D eigenvalue weighted by Crippen LogP contribution is -2.34. The van der Waals surface area contributed by atoms with Gasteiger partial charge >= 0.3 is 0 Å². The smallest absolute Gasteiger partial charge is 0.255 e. The maximum absolute atomic E-state index is 11.9. The maximum atomic E-state index is 11.9. The number of carbonyl (C=O) groups excluding carboxylic acids is 1. The van der Waals surface area contributed by atoms with Gasteiger partial charge in [0.2, 0.25) is 0 Å². The molecule has 0 aromatic heterocycles. The van der Waals surface area contributed by atoms with Crippen LogP contribution in [0.1, 0.15) is 24.2 Å². The van der Waals surface area contributed by atoms with E-state index in [-0.39, 0.29) is 18.4 Å². The van der Waals surface area contributed by atoms with Gasteiger partial charge in [0.15, 0.2) is 0 Å². The van der Waals surface area contributed by atoms with E-state index in [1.54, 1.807) is 18.2 Å². The van der Waals surface area contributed by atoms with Crippen molar-refractivity contribution in [3.05, 3.63) is 28.2 Å². The molecule has 1 amide bonds.